The summed E-state index contributed by atoms with van der Waals surface area (Å²) in [7, 11) is 0. The number of rotatable bonds is 2. The summed E-state index contributed by atoms with van der Waals surface area (Å²) < 4.78 is 6.62. The molecule has 1 heterocycles. The van der Waals surface area contributed by atoms with Gasteiger partial charge in [-0.3, -0.25) is 4.79 Å². The maximum Gasteiger partial charge on any atom is 0.307 e. The zero-order valence-corrected chi connectivity index (χ0v) is 9.87. The van der Waals surface area contributed by atoms with Crippen LogP contribution in [0.1, 0.15) is 18.9 Å². The fraction of sp³-hybridized carbons (Fsp3) is 0.364. The number of ether oxygens (including phenoxy) is 1. The number of carboxylic acid groups (broad SMARTS) is 1. The molecule has 2 rings (SSSR count). The van der Waals surface area contributed by atoms with Crippen LogP contribution in [0.25, 0.3) is 0 Å². The van der Waals surface area contributed by atoms with Gasteiger partial charge in [0.15, 0.2) is 0 Å². The maximum atomic E-state index is 10.7. The topological polar surface area (TPSA) is 46.5 Å². The number of benzene rings is 1. The second-order valence-corrected chi connectivity index (χ2v) is 4.97. The summed E-state index contributed by atoms with van der Waals surface area (Å²) in [6.45, 7) is 1.83. The second-order valence-electron chi connectivity index (χ2n) is 4.05. The molecule has 0 aliphatic carbocycles. The molecule has 0 aromatic heterocycles. The molecule has 1 aromatic rings. The van der Waals surface area contributed by atoms with Crippen LogP contribution in [-0.2, 0) is 11.2 Å². The van der Waals surface area contributed by atoms with Gasteiger partial charge >= 0.3 is 5.97 Å². The predicted molar refractivity (Wildman–Crippen MR) is 59.1 cm³/mol. The molecule has 0 amide bonds. The lowest BCUT2D eigenvalue weighted by Crippen LogP contribution is -2.33. The van der Waals surface area contributed by atoms with E-state index in [4.69, 9.17) is 9.84 Å². The third kappa shape index (κ3) is 2.15. The van der Waals surface area contributed by atoms with Crippen LogP contribution in [0.2, 0.25) is 0 Å². The highest BCUT2D eigenvalue weighted by molar-refractivity contribution is 9.10. The Balaban J connectivity index is 2.24. The van der Waals surface area contributed by atoms with Crippen LogP contribution >= 0.6 is 15.9 Å². The van der Waals surface area contributed by atoms with Crippen LogP contribution in [0, 0.1) is 0 Å². The highest BCUT2D eigenvalue weighted by Gasteiger charge is 2.36. The summed E-state index contributed by atoms with van der Waals surface area (Å²) in [5.41, 5.74) is 0.469. The Morgan fingerprint density at radius 2 is 2.40 bits per heavy atom. The summed E-state index contributed by atoms with van der Waals surface area (Å²) in [5.74, 6) is -0.0440. The minimum atomic E-state index is -0.829. The van der Waals surface area contributed by atoms with Crippen molar-refractivity contribution in [1.29, 1.82) is 0 Å². The van der Waals surface area contributed by atoms with Crippen LogP contribution in [-0.4, -0.2) is 16.7 Å². The first-order valence-corrected chi connectivity index (χ1v) is 5.47. The minimum Gasteiger partial charge on any atom is -0.486 e. The predicted octanol–water partition coefficient (Wildman–Crippen LogP) is 2.62. The summed E-state index contributed by atoms with van der Waals surface area (Å²) in [4.78, 5) is 10.7. The van der Waals surface area contributed by atoms with E-state index in [1.165, 1.54) is 0 Å². The first-order valence-electron chi connectivity index (χ1n) is 4.68. The van der Waals surface area contributed by atoms with E-state index in [0.717, 1.165) is 15.8 Å². The molecular formula is C11H11BrO3. The summed E-state index contributed by atoms with van der Waals surface area (Å²) in [5, 5.41) is 8.78. The van der Waals surface area contributed by atoms with Crippen LogP contribution in [0.4, 0.5) is 0 Å². The van der Waals surface area contributed by atoms with Crippen LogP contribution < -0.4 is 4.74 Å². The molecule has 1 N–H and O–H groups in total. The molecule has 3 nitrogen and oxygen atoms in total. The van der Waals surface area contributed by atoms with Crippen LogP contribution in [0.15, 0.2) is 22.7 Å². The number of fused-ring (bicyclic) bond motifs is 1. The van der Waals surface area contributed by atoms with E-state index in [1.807, 2.05) is 25.1 Å². The third-order valence-electron chi connectivity index (χ3n) is 2.48. The molecule has 0 fully saturated rings. The highest BCUT2D eigenvalue weighted by atomic mass is 79.9. The monoisotopic (exact) mass is 270 g/mol. The van der Waals surface area contributed by atoms with E-state index in [2.05, 4.69) is 15.9 Å². The average Bonchev–Trinajstić information content (AvgIpc) is 2.38. The van der Waals surface area contributed by atoms with Crippen LogP contribution in [0.3, 0.4) is 0 Å². The quantitative estimate of drug-likeness (QED) is 0.899. The smallest absolute Gasteiger partial charge is 0.307 e. The minimum absolute atomic E-state index is 0.0271. The van der Waals surface area contributed by atoms with Crippen molar-refractivity contribution in [3.63, 3.8) is 0 Å². The van der Waals surface area contributed by atoms with E-state index in [-0.39, 0.29) is 6.42 Å². The maximum absolute atomic E-state index is 10.7. The Bertz CT molecular complexity index is 416. The first kappa shape index (κ1) is 10.5. The molecule has 0 spiro atoms. The number of halogens is 1. The van der Waals surface area contributed by atoms with E-state index in [1.54, 1.807) is 0 Å². The van der Waals surface area contributed by atoms with Gasteiger partial charge in [-0.1, -0.05) is 22.0 Å². The SMILES string of the molecule is CC1(CC(=O)O)Cc2ccc(Br)cc2O1. The van der Waals surface area contributed by atoms with Gasteiger partial charge in [0, 0.05) is 10.9 Å². The molecule has 0 saturated heterocycles. The van der Waals surface area contributed by atoms with Gasteiger partial charge in [-0.15, -0.1) is 0 Å². The molecule has 15 heavy (non-hydrogen) atoms. The second kappa shape index (κ2) is 3.52. The van der Waals surface area contributed by atoms with E-state index < -0.39 is 11.6 Å². The summed E-state index contributed by atoms with van der Waals surface area (Å²) in [6.07, 6.45) is 0.682. The van der Waals surface area contributed by atoms with Gasteiger partial charge in [-0.2, -0.15) is 0 Å². The molecule has 0 radical (unpaired) electrons. The molecule has 1 aliphatic heterocycles. The summed E-state index contributed by atoms with van der Waals surface area (Å²) in [6, 6.07) is 5.78. The van der Waals surface area contributed by atoms with E-state index in [9.17, 15) is 4.79 Å². The number of carboxylic acids is 1. The molecular weight excluding hydrogens is 260 g/mol. The zero-order valence-electron chi connectivity index (χ0n) is 8.29. The molecule has 1 aromatic carbocycles. The standard InChI is InChI=1S/C11H11BrO3/c1-11(6-10(13)14)5-7-2-3-8(12)4-9(7)15-11/h2-4H,5-6H2,1H3,(H,13,14). The van der Waals surface area contributed by atoms with Crippen molar-refractivity contribution in [1.82, 2.24) is 0 Å². The first-order chi connectivity index (χ1) is 6.98. The van der Waals surface area contributed by atoms with E-state index >= 15 is 0 Å². The molecule has 0 bridgehead atoms. The molecule has 1 atom stereocenters. The van der Waals surface area contributed by atoms with Gasteiger partial charge in [0.2, 0.25) is 0 Å². The Hall–Kier alpha value is -1.03. The fourth-order valence-electron chi connectivity index (χ4n) is 1.89. The van der Waals surface area contributed by atoms with Crippen molar-refractivity contribution in [3.8, 4) is 5.75 Å². The average molecular weight is 271 g/mol. The molecule has 1 unspecified atom stereocenters. The van der Waals surface area contributed by atoms with Crippen molar-refractivity contribution in [2.45, 2.75) is 25.4 Å². The lowest BCUT2D eigenvalue weighted by Gasteiger charge is -2.21. The summed E-state index contributed by atoms with van der Waals surface area (Å²) >= 11 is 3.36. The molecule has 4 heteroatoms. The molecule has 0 saturated carbocycles. The van der Waals surface area contributed by atoms with Gasteiger partial charge in [0.25, 0.3) is 0 Å². The zero-order chi connectivity index (χ0) is 11.1. The normalized spacial score (nSPS) is 23.3. The number of hydrogen-bond acceptors (Lipinski definition) is 2. The van der Waals surface area contributed by atoms with Crippen molar-refractivity contribution < 1.29 is 14.6 Å². The molecule has 80 valence electrons. The van der Waals surface area contributed by atoms with Crippen molar-refractivity contribution >= 4 is 21.9 Å². The number of hydrogen-bond donors (Lipinski definition) is 1. The van der Waals surface area contributed by atoms with Crippen molar-refractivity contribution in [2.75, 3.05) is 0 Å². The van der Waals surface area contributed by atoms with Gasteiger partial charge in [-0.05, 0) is 24.6 Å². The number of aliphatic carboxylic acids is 1. The largest absolute Gasteiger partial charge is 0.486 e. The molecule has 1 aliphatic rings. The van der Waals surface area contributed by atoms with Gasteiger partial charge in [0.05, 0.1) is 6.42 Å². The highest BCUT2D eigenvalue weighted by Crippen LogP contribution is 2.38. The van der Waals surface area contributed by atoms with Crippen molar-refractivity contribution in [3.05, 3.63) is 28.2 Å². The van der Waals surface area contributed by atoms with Crippen LogP contribution in [0.5, 0.6) is 5.75 Å². The Morgan fingerprint density at radius 1 is 1.67 bits per heavy atom. The third-order valence-corrected chi connectivity index (χ3v) is 2.97. The Kier molecular flexibility index (Phi) is 2.46. The van der Waals surface area contributed by atoms with Gasteiger partial charge in [0.1, 0.15) is 11.4 Å². The Morgan fingerprint density at radius 3 is 3.07 bits per heavy atom. The van der Waals surface area contributed by atoms with Crippen molar-refractivity contribution in [2.24, 2.45) is 0 Å². The lowest BCUT2D eigenvalue weighted by atomic mass is 9.96. The van der Waals surface area contributed by atoms with Gasteiger partial charge < -0.3 is 9.84 Å². The van der Waals surface area contributed by atoms with E-state index in [0.29, 0.717) is 6.42 Å². The lowest BCUT2D eigenvalue weighted by molar-refractivity contribution is -0.140. The fourth-order valence-corrected chi connectivity index (χ4v) is 2.23. The number of carbonyl (C=O) groups is 1. The van der Waals surface area contributed by atoms with Gasteiger partial charge in [-0.25, -0.2) is 0 Å². The Labute approximate surface area is 96.2 Å².